The largest absolute Gasteiger partial charge is 1.00 e. The normalized spacial score (nSPS) is 10.7. The maximum Gasteiger partial charge on any atom is 0.336 e. The maximum absolute atomic E-state index is 11.7. The molecule has 0 fully saturated rings. The Kier molecular flexibility index (Phi) is 10.6. The van der Waals surface area contributed by atoms with Gasteiger partial charge < -0.3 is 27.2 Å². The van der Waals surface area contributed by atoms with Gasteiger partial charge in [-0.2, -0.15) is 0 Å². The number of aromatic carboxylic acids is 2. The Morgan fingerprint density at radius 2 is 1.23 bits per heavy atom. The summed E-state index contributed by atoms with van der Waals surface area (Å²) < 4.78 is 4.24. The minimum atomic E-state index is -0.947. The lowest BCUT2D eigenvalue weighted by Crippen LogP contribution is -3.00. The number of hydrogen-bond donors (Lipinski definition) is 2. The average molecular weight is 660 g/mol. The van der Waals surface area contributed by atoms with E-state index < -0.39 is 11.9 Å². The highest BCUT2D eigenvalue weighted by atomic mass is 79.9. The van der Waals surface area contributed by atoms with Gasteiger partial charge in [0.25, 0.3) is 0 Å². The minimum absolute atomic E-state index is 0. The van der Waals surface area contributed by atoms with Gasteiger partial charge in [-0.15, -0.1) is 0 Å². The molecule has 0 spiro atoms. The van der Waals surface area contributed by atoms with Gasteiger partial charge in [-0.25, -0.2) is 18.7 Å². The number of carboxylic acids is 2. The number of carboxylic acid groups (broad SMARTS) is 2. The fourth-order valence-electron chi connectivity index (χ4n) is 5.23. The van der Waals surface area contributed by atoms with E-state index >= 15 is 0 Å². The molecule has 8 heteroatoms. The highest BCUT2D eigenvalue weighted by molar-refractivity contribution is 6.29. The number of halogens is 2. The predicted octanol–water partition coefficient (Wildman–Crippen LogP) is 4.60. The van der Waals surface area contributed by atoms with Crippen molar-refractivity contribution in [3.05, 3.63) is 136 Å². The Balaban J connectivity index is 0.00000423. The van der Waals surface area contributed by atoms with Gasteiger partial charge in [-0.05, 0) is 63.5 Å². The first-order chi connectivity index (χ1) is 20.4. The van der Waals surface area contributed by atoms with Crippen LogP contribution in [-0.4, -0.2) is 26.7 Å². The SMILES string of the molecule is CCCCc1c(Cl)[n+](Cc2ccc(-c3ccccc3C(=O)O)cc2)cn1Cc1ccc(-c2ccccc2C(=O)O)cc1.[Br-]. The van der Waals surface area contributed by atoms with E-state index in [4.69, 9.17) is 11.6 Å². The predicted molar refractivity (Wildman–Crippen MR) is 164 cm³/mol. The molecule has 43 heavy (non-hydrogen) atoms. The van der Waals surface area contributed by atoms with E-state index in [9.17, 15) is 19.8 Å². The lowest BCUT2D eigenvalue weighted by molar-refractivity contribution is -0.685. The number of imidazole rings is 1. The topological polar surface area (TPSA) is 83.4 Å². The molecule has 0 aliphatic heterocycles. The molecule has 5 rings (SSSR count). The number of benzene rings is 4. The molecule has 5 aromatic rings. The van der Waals surface area contributed by atoms with Crippen LogP contribution in [0.4, 0.5) is 0 Å². The lowest BCUT2D eigenvalue weighted by Gasteiger charge is -2.07. The Morgan fingerprint density at radius 1 is 0.744 bits per heavy atom. The van der Waals surface area contributed by atoms with Crippen LogP contribution in [0.15, 0.2) is 103 Å². The zero-order chi connectivity index (χ0) is 29.6. The molecule has 0 amide bonds. The average Bonchev–Trinajstić information content (AvgIpc) is 3.29. The molecule has 0 aliphatic rings. The van der Waals surface area contributed by atoms with E-state index in [1.807, 2.05) is 77.4 Å². The first-order valence-corrected chi connectivity index (χ1v) is 14.3. The van der Waals surface area contributed by atoms with Crippen LogP contribution in [0.1, 0.15) is 57.3 Å². The molecule has 2 N–H and O–H groups in total. The van der Waals surface area contributed by atoms with E-state index in [2.05, 4.69) is 17.8 Å². The molecular formula is C35H32BrClN2O4. The smallest absolute Gasteiger partial charge is 0.336 e. The van der Waals surface area contributed by atoms with Gasteiger partial charge in [0, 0.05) is 6.42 Å². The van der Waals surface area contributed by atoms with Crippen LogP contribution >= 0.6 is 11.6 Å². The van der Waals surface area contributed by atoms with Crippen molar-refractivity contribution in [2.45, 2.75) is 39.3 Å². The molecule has 1 heterocycles. The molecule has 0 unspecified atom stereocenters. The van der Waals surface area contributed by atoms with E-state index in [0.717, 1.165) is 47.2 Å². The molecule has 0 radical (unpaired) electrons. The van der Waals surface area contributed by atoms with Crippen LogP contribution in [-0.2, 0) is 19.5 Å². The summed E-state index contributed by atoms with van der Waals surface area (Å²) in [6, 6.07) is 29.9. The number of rotatable bonds is 11. The molecule has 0 aliphatic carbocycles. The van der Waals surface area contributed by atoms with Gasteiger partial charge >= 0.3 is 11.9 Å². The van der Waals surface area contributed by atoms with E-state index in [-0.39, 0.29) is 28.1 Å². The van der Waals surface area contributed by atoms with Crippen LogP contribution in [0.2, 0.25) is 5.15 Å². The Hall–Kier alpha value is -4.20. The third-order valence-corrected chi connectivity index (χ3v) is 7.87. The molecule has 4 aromatic carbocycles. The summed E-state index contributed by atoms with van der Waals surface area (Å²) in [6.45, 7) is 3.38. The summed E-state index contributed by atoms with van der Waals surface area (Å²) in [5.41, 5.74) is 6.87. The van der Waals surface area contributed by atoms with Gasteiger partial charge in [-0.3, -0.25) is 0 Å². The van der Waals surface area contributed by atoms with Crippen molar-refractivity contribution in [1.82, 2.24) is 4.57 Å². The van der Waals surface area contributed by atoms with Gasteiger partial charge in [0.05, 0.1) is 11.1 Å². The summed E-state index contributed by atoms with van der Waals surface area (Å²) in [5.74, 6) is -1.89. The summed E-state index contributed by atoms with van der Waals surface area (Å²) in [7, 11) is 0. The van der Waals surface area contributed by atoms with Crippen LogP contribution in [0.25, 0.3) is 22.3 Å². The van der Waals surface area contributed by atoms with Crippen LogP contribution in [0.3, 0.4) is 0 Å². The zero-order valence-corrected chi connectivity index (χ0v) is 26.1. The standard InChI is InChI=1S/C35H31ClN2O4.BrH/c1-2-3-12-32-33(36)38(22-25-15-19-27(20-16-25)29-9-5-7-11-31(29)35(41)42)23-37(32)21-24-13-17-26(18-14-24)28-8-4-6-10-30(28)34(39)40;/h4-11,13-20,23H,2-3,12,21-22H2,1H3,(H-,39,40,41,42);1H. The van der Waals surface area contributed by atoms with Crippen molar-refractivity contribution in [2.75, 3.05) is 0 Å². The number of nitrogens with zero attached hydrogens (tertiary/aromatic N) is 2. The van der Waals surface area contributed by atoms with Crippen molar-refractivity contribution >= 4 is 23.5 Å². The summed E-state index contributed by atoms with van der Waals surface area (Å²) >= 11 is 6.94. The molecule has 220 valence electrons. The van der Waals surface area contributed by atoms with E-state index in [1.54, 1.807) is 24.3 Å². The number of aromatic nitrogens is 2. The molecule has 0 saturated heterocycles. The van der Waals surface area contributed by atoms with Crippen molar-refractivity contribution in [3.63, 3.8) is 0 Å². The second kappa shape index (κ2) is 14.3. The van der Waals surface area contributed by atoms with Crippen molar-refractivity contribution in [1.29, 1.82) is 0 Å². The Morgan fingerprint density at radius 3 is 1.72 bits per heavy atom. The summed E-state index contributed by atoms with van der Waals surface area (Å²) in [5, 5.41) is 19.8. The van der Waals surface area contributed by atoms with E-state index in [1.165, 1.54) is 0 Å². The molecule has 0 atom stereocenters. The fourth-order valence-corrected chi connectivity index (χ4v) is 5.53. The van der Waals surface area contributed by atoms with Gasteiger partial charge in [0.2, 0.25) is 11.5 Å². The van der Waals surface area contributed by atoms with Gasteiger partial charge in [-0.1, -0.05) is 98.3 Å². The summed E-state index contributed by atoms with van der Waals surface area (Å²) in [4.78, 5) is 23.3. The third kappa shape index (κ3) is 7.24. The number of hydrogen-bond acceptors (Lipinski definition) is 2. The second-order valence-corrected chi connectivity index (χ2v) is 10.7. The van der Waals surface area contributed by atoms with E-state index in [0.29, 0.717) is 29.4 Å². The second-order valence-electron chi connectivity index (χ2n) is 10.3. The molecule has 0 saturated carbocycles. The quantitative estimate of drug-likeness (QED) is 0.203. The van der Waals surface area contributed by atoms with Gasteiger partial charge in [0.1, 0.15) is 13.1 Å². The minimum Gasteiger partial charge on any atom is -1.00 e. The molecule has 6 nitrogen and oxygen atoms in total. The lowest BCUT2D eigenvalue weighted by atomic mass is 9.99. The maximum atomic E-state index is 11.7. The molecular weight excluding hydrogens is 628 g/mol. The highest BCUT2D eigenvalue weighted by Gasteiger charge is 2.22. The highest BCUT2D eigenvalue weighted by Crippen LogP contribution is 2.26. The van der Waals surface area contributed by atoms with Crippen LogP contribution < -0.4 is 21.5 Å². The summed E-state index contributed by atoms with van der Waals surface area (Å²) in [6.07, 6.45) is 4.98. The van der Waals surface area contributed by atoms with Crippen LogP contribution in [0, 0.1) is 0 Å². The molecule has 0 bridgehead atoms. The van der Waals surface area contributed by atoms with Gasteiger partial charge in [0.15, 0.2) is 5.69 Å². The number of unbranched alkanes of at least 4 members (excludes halogenated alkanes) is 1. The fraction of sp³-hybridized carbons (Fsp3) is 0.171. The first-order valence-electron chi connectivity index (χ1n) is 14.0. The van der Waals surface area contributed by atoms with Crippen molar-refractivity contribution in [3.8, 4) is 22.3 Å². The monoisotopic (exact) mass is 658 g/mol. The van der Waals surface area contributed by atoms with Crippen LogP contribution in [0.5, 0.6) is 0 Å². The molecule has 1 aromatic heterocycles. The first kappa shape index (κ1) is 31.7. The Bertz CT molecular complexity index is 1730. The zero-order valence-electron chi connectivity index (χ0n) is 23.7. The third-order valence-electron chi connectivity index (χ3n) is 7.43. The van der Waals surface area contributed by atoms with Crippen molar-refractivity contribution in [2.24, 2.45) is 0 Å². The Labute approximate surface area is 266 Å². The number of carbonyl (C=O) groups is 2. The van der Waals surface area contributed by atoms with Crippen molar-refractivity contribution < 1.29 is 41.4 Å².